The molecule has 2 nitrogen and oxygen atoms in total. The Bertz CT molecular complexity index is 232. The van der Waals surface area contributed by atoms with Crippen molar-refractivity contribution in [1.29, 1.82) is 0 Å². The Morgan fingerprint density at radius 1 is 1.18 bits per heavy atom. The highest BCUT2D eigenvalue weighted by Crippen LogP contribution is 2.18. The van der Waals surface area contributed by atoms with E-state index < -0.39 is 0 Å². The average Bonchev–Trinajstić information content (AvgIpc) is 2.26. The number of thiocarbonyl (C=S) groups is 1. The van der Waals surface area contributed by atoms with E-state index >= 15 is 0 Å². The summed E-state index contributed by atoms with van der Waals surface area (Å²) in [7, 11) is 0. The summed E-state index contributed by atoms with van der Waals surface area (Å²) in [5, 5.41) is 4.52. The quantitative estimate of drug-likeness (QED) is 0.774. The second-order valence-corrected chi connectivity index (χ2v) is 6.31. The van der Waals surface area contributed by atoms with Gasteiger partial charge in [0.1, 0.15) is 0 Å². The van der Waals surface area contributed by atoms with Crippen molar-refractivity contribution in [2.45, 2.75) is 71.9 Å². The van der Waals surface area contributed by atoms with Crippen LogP contribution in [0.4, 0.5) is 0 Å². The van der Waals surface area contributed by atoms with E-state index in [1.54, 1.807) is 0 Å². The number of hydrogen-bond acceptors (Lipinski definition) is 1. The molecule has 0 radical (unpaired) electrons. The SMILES string of the molecule is CC(C)CN(C(=S)NC1CCCCC1)C(C)C. The first-order valence-corrected chi connectivity index (χ1v) is 7.48. The van der Waals surface area contributed by atoms with Crippen LogP contribution in [0.3, 0.4) is 0 Å². The van der Waals surface area contributed by atoms with Gasteiger partial charge in [-0.2, -0.15) is 0 Å². The number of nitrogens with zero attached hydrogens (tertiary/aromatic N) is 1. The van der Waals surface area contributed by atoms with Crippen molar-refractivity contribution in [3.05, 3.63) is 0 Å². The maximum Gasteiger partial charge on any atom is 0.169 e. The molecule has 1 rings (SSSR count). The molecule has 100 valence electrons. The first-order chi connectivity index (χ1) is 8.00. The second-order valence-electron chi connectivity index (χ2n) is 5.92. The lowest BCUT2D eigenvalue weighted by Crippen LogP contribution is -2.49. The molecular weight excluding hydrogens is 228 g/mol. The summed E-state index contributed by atoms with van der Waals surface area (Å²) in [6.45, 7) is 9.99. The molecule has 1 aliphatic carbocycles. The van der Waals surface area contributed by atoms with Crippen LogP contribution < -0.4 is 5.32 Å². The van der Waals surface area contributed by atoms with Crippen molar-refractivity contribution in [3.8, 4) is 0 Å². The standard InChI is InChI=1S/C14H28N2S/c1-11(2)10-16(12(3)4)14(17)15-13-8-6-5-7-9-13/h11-13H,5-10H2,1-4H3,(H,15,17). The Hall–Kier alpha value is -0.310. The highest BCUT2D eigenvalue weighted by molar-refractivity contribution is 7.80. The normalized spacial score (nSPS) is 17.5. The molecule has 0 aromatic carbocycles. The predicted molar refractivity (Wildman–Crippen MR) is 79.3 cm³/mol. The summed E-state index contributed by atoms with van der Waals surface area (Å²) in [6, 6.07) is 1.10. The monoisotopic (exact) mass is 256 g/mol. The van der Waals surface area contributed by atoms with Crippen LogP contribution in [0.25, 0.3) is 0 Å². The molecule has 1 N–H and O–H groups in total. The molecule has 1 fully saturated rings. The van der Waals surface area contributed by atoms with Crippen molar-refractivity contribution in [3.63, 3.8) is 0 Å². The van der Waals surface area contributed by atoms with Gasteiger partial charge in [0.25, 0.3) is 0 Å². The van der Waals surface area contributed by atoms with Crippen LogP contribution in [0.5, 0.6) is 0 Å². The zero-order valence-corrected chi connectivity index (χ0v) is 12.6. The lowest BCUT2D eigenvalue weighted by Gasteiger charge is -2.34. The van der Waals surface area contributed by atoms with Gasteiger partial charge in [-0.3, -0.25) is 0 Å². The Kier molecular flexibility index (Phi) is 6.24. The van der Waals surface area contributed by atoms with Gasteiger partial charge in [-0.05, 0) is 44.8 Å². The van der Waals surface area contributed by atoms with E-state index in [0.29, 0.717) is 18.0 Å². The lowest BCUT2D eigenvalue weighted by atomic mass is 9.96. The molecule has 17 heavy (non-hydrogen) atoms. The maximum absolute atomic E-state index is 5.57. The molecule has 0 bridgehead atoms. The van der Waals surface area contributed by atoms with Crippen molar-refractivity contribution in [2.75, 3.05) is 6.54 Å². The van der Waals surface area contributed by atoms with Crippen LogP contribution in [-0.2, 0) is 0 Å². The molecule has 0 heterocycles. The first kappa shape index (κ1) is 14.7. The van der Waals surface area contributed by atoms with Crippen LogP contribution >= 0.6 is 12.2 Å². The molecule has 0 atom stereocenters. The predicted octanol–water partition coefficient (Wildman–Crippen LogP) is 3.56. The van der Waals surface area contributed by atoms with Gasteiger partial charge < -0.3 is 10.2 Å². The molecule has 0 spiro atoms. The summed E-state index contributed by atoms with van der Waals surface area (Å²) >= 11 is 5.57. The number of nitrogens with one attached hydrogen (secondary N) is 1. The highest BCUT2D eigenvalue weighted by atomic mass is 32.1. The second kappa shape index (κ2) is 7.20. The van der Waals surface area contributed by atoms with Gasteiger partial charge in [0.15, 0.2) is 5.11 Å². The van der Waals surface area contributed by atoms with Crippen molar-refractivity contribution < 1.29 is 0 Å². The summed E-state index contributed by atoms with van der Waals surface area (Å²) in [4.78, 5) is 2.33. The smallest absolute Gasteiger partial charge is 0.169 e. The molecule has 0 amide bonds. The molecule has 1 aliphatic rings. The fourth-order valence-corrected chi connectivity index (χ4v) is 2.88. The van der Waals surface area contributed by atoms with Crippen LogP contribution in [-0.4, -0.2) is 28.6 Å². The minimum atomic E-state index is 0.487. The fraction of sp³-hybridized carbons (Fsp3) is 0.929. The topological polar surface area (TPSA) is 15.3 Å². The van der Waals surface area contributed by atoms with Crippen LogP contribution in [0.1, 0.15) is 59.8 Å². The molecule has 0 unspecified atom stereocenters. The molecule has 0 aliphatic heterocycles. The largest absolute Gasteiger partial charge is 0.360 e. The molecule has 1 saturated carbocycles. The maximum atomic E-state index is 5.57. The van der Waals surface area contributed by atoms with Gasteiger partial charge in [-0.25, -0.2) is 0 Å². The van der Waals surface area contributed by atoms with E-state index in [-0.39, 0.29) is 0 Å². The molecule has 3 heteroatoms. The van der Waals surface area contributed by atoms with Crippen LogP contribution in [0, 0.1) is 5.92 Å². The van der Waals surface area contributed by atoms with Crippen LogP contribution in [0.2, 0.25) is 0 Å². The van der Waals surface area contributed by atoms with Gasteiger partial charge in [0, 0.05) is 18.6 Å². The zero-order valence-electron chi connectivity index (χ0n) is 11.8. The molecular formula is C14H28N2S. The highest BCUT2D eigenvalue weighted by Gasteiger charge is 2.19. The van der Waals surface area contributed by atoms with E-state index in [2.05, 4.69) is 37.9 Å². The lowest BCUT2D eigenvalue weighted by molar-refractivity contribution is 0.297. The first-order valence-electron chi connectivity index (χ1n) is 7.07. The summed E-state index contributed by atoms with van der Waals surface area (Å²) in [5.41, 5.74) is 0. The minimum Gasteiger partial charge on any atom is -0.360 e. The molecule has 0 saturated heterocycles. The Balaban J connectivity index is 2.46. The van der Waals surface area contributed by atoms with Gasteiger partial charge >= 0.3 is 0 Å². The number of hydrogen-bond donors (Lipinski definition) is 1. The van der Waals surface area contributed by atoms with E-state index in [1.807, 2.05) is 0 Å². The molecule has 0 aromatic heterocycles. The number of rotatable bonds is 4. The van der Waals surface area contributed by atoms with E-state index in [0.717, 1.165) is 11.7 Å². The van der Waals surface area contributed by atoms with Gasteiger partial charge in [0.05, 0.1) is 0 Å². The van der Waals surface area contributed by atoms with Crippen molar-refractivity contribution in [1.82, 2.24) is 10.2 Å². The third-order valence-electron chi connectivity index (χ3n) is 3.38. The minimum absolute atomic E-state index is 0.487. The summed E-state index contributed by atoms with van der Waals surface area (Å²) in [6.07, 6.45) is 6.67. The van der Waals surface area contributed by atoms with E-state index in [9.17, 15) is 0 Å². The third-order valence-corrected chi connectivity index (χ3v) is 3.73. The van der Waals surface area contributed by atoms with Gasteiger partial charge in [-0.1, -0.05) is 33.1 Å². The van der Waals surface area contributed by atoms with Gasteiger partial charge in [0.2, 0.25) is 0 Å². The Morgan fingerprint density at radius 3 is 2.24 bits per heavy atom. The summed E-state index contributed by atoms with van der Waals surface area (Å²) in [5.74, 6) is 0.656. The third kappa shape index (κ3) is 5.24. The fourth-order valence-electron chi connectivity index (χ4n) is 2.43. The van der Waals surface area contributed by atoms with Crippen molar-refractivity contribution >= 4 is 17.3 Å². The summed E-state index contributed by atoms with van der Waals surface area (Å²) < 4.78 is 0. The van der Waals surface area contributed by atoms with Crippen LogP contribution in [0.15, 0.2) is 0 Å². The zero-order chi connectivity index (χ0) is 12.8. The average molecular weight is 256 g/mol. The Labute approximate surface area is 112 Å². The van der Waals surface area contributed by atoms with E-state index in [1.165, 1.54) is 32.1 Å². The van der Waals surface area contributed by atoms with Crippen molar-refractivity contribution in [2.24, 2.45) is 5.92 Å². The Morgan fingerprint density at radius 2 is 1.76 bits per heavy atom. The van der Waals surface area contributed by atoms with E-state index in [4.69, 9.17) is 12.2 Å². The molecule has 0 aromatic rings. The van der Waals surface area contributed by atoms with Gasteiger partial charge in [-0.15, -0.1) is 0 Å².